The van der Waals surface area contributed by atoms with Gasteiger partial charge < -0.3 is 4.90 Å². The van der Waals surface area contributed by atoms with E-state index in [4.69, 9.17) is 0 Å². The van der Waals surface area contributed by atoms with E-state index in [9.17, 15) is 14.9 Å². The van der Waals surface area contributed by atoms with Gasteiger partial charge in [0, 0.05) is 18.2 Å². The van der Waals surface area contributed by atoms with Gasteiger partial charge in [0.15, 0.2) is 0 Å². The van der Waals surface area contributed by atoms with E-state index in [1.54, 1.807) is 6.07 Å². The molecule has 2 fully saturated rings. The molecule has 5 nitrogen and oxygen atoms in total. The first-order valence-electron chi connectivity index (χ1n) is 7.63. The van der Waals surface area contributed by atoms with E-state index in [2.05, 4.69) is 6.92 Å². The van der Waals surface area contributed by atoms with Crippen LogP contribution in [0.3, 0.4) is 0 Å². The fourth-order valence-corrected chi connectivity index (χ4v) is 3.94. The summed E-state index contributed by atoms with van der Waals surface area (Å²) in [5.74, 6) is 0.746. The van der Waals surface area contributed by atoms with Crippen LogP contribution >= 0.6 is 11.3 Å². The summed E-state index contributed by atoms with van der Waals surface area (Å²) in [6, 6.07) is 3.72. The Morgan fingerprint density at radius 2 is 1.76 bits per heavy atom. The number of amides is 1. The van der Waals surface area contributed by atoms with Crippen molar-refractivity contribution in [2.24, 2.45) is 5.92 Å². The number of carbonyl (C=O) groups excluding carboxylic acids is 1. The lowest BCUT2D eigenvalue weighted by atomic mass is 9.86. The molecule has 21 heavy (non-hydrogen) atoms. The van der Waals surface area contributed by atoms with Crippen molar-refractivity contribution in [3.05, 3.63) is 27.1 Å². The number of hydrogen-bond acceptors (Lipinski definition) is 4. The molecule has 114 valence electrons. The molecule has 0 aromatic carbocycles. The van der Waals surface area contributed by atoms with Gasteiger partial charge in [0.1, 0.15) is 0 Å². The molecule has 1 aromatic rings. The number of nitrogens with zero attached hydrogens (tertiary/aromatic N) is 2. The summed E-state index contributed by atoms with van der Waals surface area (Å²) in [6.07, 6.45) is 6.63. The largest absolute Gasteiger partial charge is 0.332 e. The average molecular weight is 308 g/mol. The van der Waals surface area contributed by atoms with Gasteiger partial charge in [0.25, 0.3) is 5.91 Å². The van der Waals surface area contributed by atoms with Crippen molar-refractivity contribution in [2.75, 3.05) is 0 Å². The minimum absolute atomic E-state index is 0.00449. The van der Waals surface area contributed by atoms with Gasteiger partial charge in [-0.3, -0.25) is 14.9 Å². The molecule has 1 heterocycles. The summed E-state index contributed by atoms with van der Waals surface area (Å²) in [5.41, 5.74) is 0. The summed E-state index contributed by atoms with van der Waals surface area (Å²) in [7, 11) is 0. The Morgan fingerprint density at radius 3 is 2.24 bits per heavy atom. The Labute approximate surface area is 128 Å². The lowest BCUT2D eigenvalue weighted by Crippen LogP contribution is -2.43. The maximum Gasteiger partial charge on any atom is 0.324 e. The van der Waals surface area contributed by atoms with E-state index in [1.165, 1.54) is 18.9 Å². The van der Waals surface area contributed by atoms with Crippen molar-refractivity contribution < 1.29 is 9.72 Å². The molecular formula is C15H20N2O3S. The van der Waals surface area contributed by atoms with Crippen LogP contribution in [0.15, 0.2) is 12.1 Å². The van der Waals surface area contributed by atoms with E-state index < -0.39 is 4.92 Å². The van der Waals surface area contributed by atoms with Crippen LogP contribution in [0.4, 0.5) is 5.00 Å². The molecule has 0 N–H and O–H groups in total. The first kappa shape index (κ1) is 14.5. The zero-order valence-corrected chi connectivity index (χ0v) is 13.0. The van der Waals surface area contributed by atoms with Crippen molar-refractivity contribution in [1.29, 1.82) is 0 Å². The average Bonchev–Trinajstić information content (AvgIpc) is 3.15. The highest BCUT2D eigenvalue weighted by Crippen LogP contribution is 2.37. The third-order valence-corrected chi connectivity index (χ3v) is 5.56. The summed E-state index contributed by atoms with van der Waals surface area (Å²) >= 11 is 0.997. The van der Waals surface area contributed by atoms with Gasteiger partial charge in [0.2, 0.25) is 0 Å². The highest BCUT2D eigenvalue weighted by molar-refractivity contribution is 7.17. The van der Waals surface area contributed by atoms with Crippen LogP contribution < -0.4 is 0 Å². The lowest BCUT2D eigenvalue weighted by Gasteiger charge is -2.36. The molecule has 2 aliphatic rings. The first-order valence-corrected chi connectivity index (χ1v) is 8.45. The van der Waals surface area contributed by atoms with E-state index >= 15 is 0 Å². The van der Waals surface area contributed by atoms with Crippen molar-refractivity contribution in [2.45, 2.75) is 57.5 Å². The Kier molecular flexibility index (Phi) is 3.97. The first-order chi connectivity index (χ1) is 10.1. The van der Waals surface area contributed by atoms with Gasteiger partial charge in [-0.2, -0.15) is 0 Å². The zero-order valence-electron chi connectivity index (χ0n) is 12.2. The highest BCUT2D eigenvalue weighted by atomic mass is 32.1. The van der Waals surface area contributed by atoms with Crippen LogP contribution in [0.1, 0.15) is 55.1 Å². The van der Waals surface area contributed by atoms with Crippen molar-refractivity contribution in [3.63, 3.8) is 0 Å². The highest BCUT2D eigenvalue weighted by Gasteiger charge is 2.39. The monoisotopic (exact) mass is 308 g/mol. The number of rotatable bonds is 4. The second-order valence-corrected chi connectivity index (χ2v) is 7.31. The lowest BCUT2D eigenvalue weighted by molar-refractivity contribution is -0.380. The topological polar surface area (TPSA) is 63.5 Å². The second kappa shape index (κ2) is 5.75. The zero-order chi connectivity index (χ0) is 15.0. The molecule has 1 amide bonds. The fourth-order valence-electron chi connectivity index (χ4n) is 3.17. The number of carbonyl (C=O) groups is 1. The second-order valence-electron chi connectivity index (χ2n) is 6.25. The van der Waals surface area contributed by atoms with Crippen molar-refractivity contribution in [3.8, 4) is 0 Å². The molecule has 0 atom stereocenters. The Morgan fingerprint density at radius 1 is 1.19 bits per heavy atom. The minimum Gasteiger partial charge on any atom is -0.332 e. The molecule has 6 heteroatoms. The standard InChI is InChI=1S/C15H20N2O3S/c1-10-2-4-11(5-3-10)16(12-6-7-12)15(18)13-8-9-14(21-13)17(19)20/h8-12H,2-7H2,1H3. The van der Waals surface area contributed by atoms with Crippen molar-refractivity contribution >= 4 is 22.2 Å². The van der Waals surface area contributed by atoms with Gasteiger partial charge in [-0.15, -0.1) is 0 Å². The molecule has 1 aromatic heterocycles. The Hall–Kier alpha value is -1.43. The molecular weight excluding hydrogens is 288 g/mol. The van der Waals surface area contributed by atoms with Crippen molar-refractivity contribution in [1.82, 2.24) is 4.90 Å². The molecule has 0 bridgehead atoms. The summed E-state index contributed by atoms with van der Waals surface area (Å²) in [4.78, 5) is 25.6. The van der Waals surface area contributed by atoms with Crippen LogP contribution in [-0.4, -0.2) is 27.8 Å². The predicted octanol–water partition coefficient (Wildman–Crippen LogP) is 3.84. The maximum absolute atomic E-state index is 12.8. The third kappa shape index (κ3) is 3.10. The van der Waals surface area contributed by atoms with Crippen LogP contribution in [0, 0.1) is 16.0 Å². The van der Waals surface area contributed by atoms with Gasteiger partial charge in [-0.1, -0.05) is 18.3 Å². The number of nitro groups is 1. The van der Waals surface area contributed by atoms with Crippen LogP contribution in [-0.2, 0) is 0 Å². The molecule has 0 saturated heterocycles. The predicted molar refractivity (Wildman–Crippen MR) is 81.6 cm³/mol. The molecule has 0 aliphatic heterocycles. The molecule has 0 unspecified atom stereocenters. The molecule has 0 radical (unpaired) electrons. The van der Waals surface area contributed by atoms with E-state index in [-0.39, 0.29) is 10.9 Å². The van der Waals surface area contributed by atoms with E-state index in [0.29, 0.717) is 17.0 Å². The fraction of sp³-hybridized carbons (Fsp3) is 0.667. The molecule has 2 aliphatic carbocycles. The van der Waals surface area contributed by atoms with Gasteiger partial charge in [0.05, 0.1) is 9.80 Å². The minimum atomic E-state index is -0.425. The van der Waals surface area contributed by atoms with Crippen LogP contribution in [0.25, 0.3) is 0 Å². The number of hydrogen-bond donors (Lipinski definition) is 0. The Balaban J connectivity index is 1.76. The van der Waals surface area contributed by atoms with Crippen LogP contribution in [0.5, 0.6) is 0 Å². The Bertz CT molecular complexity index is 545. The SMILES string of the molecule is CC1CCC(N(C(=O)c2ccc([N+](=O)[O-])s2)C2CC2)CC1. The van der Waals surface area contributed by atoms with E-state index in [0.717, 1.165) is 42.9 Å². The maximum atomic E-state index is 12.8. The van der Waals surface area contributed by atoms with Gasteiger partial charge in [-0.05, 0) is 50.5 Å². The molecule has 3 rings (SSSR count). The number of thiophene rings is 1. The quantitative estimate of drug-likeness (QED) is 0.627. The van der Waals surface area contributed by atoms with E-state index in [1.807, 2.05) is 4.90 Å². The summed E-state index contributed by atoms with van der Waals surface area (Å²) in [6.45, 7) is 2.27. The summed E-state index contributed by atoms with van der Waals surface area (Å²) in [5, 5.41) is 10.8. The van der Waals surface area contributed by atoms with Crippen LogP contribution in [0.2, 0.25) is 0 Å². The van der Waals surface area contributed by atoms with Gasteiger partial charge >= 0.3 is 5.00 Å². The normalized spacial score (nSPS) is 25.6. The summed E-state index contributed by atoms with van der Waals surface area (Å²) < 4.78 is 0. The van der Waals surface area contributed by atoms with Gasteiger partial charge in [-0.25, -0.2) is 0 Å². The molecule has 0 spiro atoms. The molecule has 2 saturated carbocycles. The smallest absolute Gasteiger partial charge is 0.324 e. The third-order valence-electron chi connectivity index (χ3n) is 4.54.